The largest absolute Gasteiger partial charge is 0.374 e. The van der Waals surface area contributed by atoms with E-state index in [1.165, 1.54) is 51.4 Å². The number of rotatable bonds is 2. The van der Waals surface area contributed by atoms with Crippen molar-refractivity contribution < 1.29 is 9.53 Å². The van der Waals surface area contributed by atoms with E-state index in [0.29, 0.717) is 29.6 Å². The smallest absolute Gasteiger partial charge is 0.236 e. The van der Waals surface area contributed by atoms with E-state index in [-0.39, 0.29) is 10.2 Å². The van der Waals surface area contributed by atoms with E-state index in [9.17, 15) is 4.79 Å². The number of ether oxygens (including phenoxy) is 1. The number of fused-ring (bicyclic) bond motifs is 5. The van der Waals surface area contributed by atoms with Crippen LogP contribution in [0.3, 0.4) is 0 Å². The number of piperidine rings is 1. The zero-order valence-corrected chi connectivity index (χ0v) is 18.1. The Bertz CT molecular complexity index is 607. The standard InChI is InChI=1S/C22H34BrNO2/c1-21-11-10-16-14(15(21)7-9-19(21)26-13-4-5-13)6-8-18-22(16,2)12-17(23)20(25)24(18)3/h13-19H,4-12H2,1-3H3/t14-,15-,16-,17+,18+,19-,21-,22+/m0/s1. The van der Waals surface area contributed by atoms with Gasteiger partial charge in [0, 0.05) is 13.1 Å². The SMILES string of the molecule is CN1C(=O)[C@H](Br)C[C@]2(C)[C@H]3CC[C@]4(C)[C@@H](OC5CC5)CC[C@H]4[C@@H]3CC[C@@H]12. The molecule has 0 radical (unpaired) electrons. The number of halogens is 1. The lowest BCUT2D eigenvalue weighted by Gasteiger charge is -2.62. The molecule has 1 amide bonds. The lowest BCUT2D eigenvalue weighted by atomic mass is 9.47. The van der Waals surface area contributed by atoms with Gasteiger partial charge in [0.2, 0.25) is 5.91 Å². The molecule has 5 fully saturated rings. The molecule has 0 aromatic rings. The lowest BCUT2D eigenvalue weighted by molar-refractivity contribution is -0.160. The van der Waals surface area contributed by atoms with E-state index in [0.717, 1.165) is 24.2 Å². The maximum Gasteiger partial charge on any atom is 0.236 e. The van der Waals surface area contributed by atoms with Crippen molar-refractivity contribution in [2.75, 3.05) is 7.05 Å². The van der Waals surface area contributed by atoms with E-state index in [2.05, 4.69) is 34.7 Å². The summed E-state index contributed by atoms with van der Waals surface area (Å²) in [4.78, 5) is 14.6. The summed E-state index contributed by atoms with van der Waals surface area (Å²) in [5.74, 6) is 2.74. The molecule has 1 saturated heterocycles. The van der Waals surface area contributed by atoms with Crippen LogP contribution < -0.4 is 0 Å². The average Bonchev–Trinajstić information content (AvgIpc) is 3.35. The number of alkyl halides is 1. The number of carbonyl (C=O) groups is 1. The molecular weight excluding hydrogens is 390 g/mol. The predicted octanol–water partition coefficient (Wildman–Crippen LogP) is 4.77. The molecule has 26 heavy (non-hydrogen) atoms. The van der Waals surface area contributed by atoms with Gasteiger partial charge in [-0.3, -0.25) is 4.79 Å². The Morgan fingerprint density at radius 2 is 1.73 bits per heavy atom. The van der Waals surface area contributed by atoms with Gasteiger partial charge in [0.15, 0.2) is 0 Å². The Balaban J connectivity index is 1.41. The molecule has 0 spiro atoms. The molecule has 3 nitrogen and oxygen atoms in total. The van der Waals surface area contributed by atoms with Crippen LogP contribution in [0, 0.1) is 28.6 Å². The van der Waals surface area contributed by atoms with Crippen LogP contribution >= 0.6 is 15.9 Å². The highest BCUT2D eigenvalue weighted by Gasteiger charge is 2.62. The highest BCUT2D eigenvalue weighted by molar-refractivity contribution is 9.10. The second kappa shape index (κ2) is 5.95. The minimum absolute atomic E-state index is 0.00957. The van der Waals surface area contributed by atoms with E-state index < -0.39 is 0 Å². The first kappa shape index (κ1) is 18.0. The molecule has 1 aliphatic heterocycles. The van der Waals surface area contributed by atoms with Crippen molar-refractivity contribution in [2.24, 2.45) is 28.6 Å². The summed E-state index contributed by atoms with van der Waals surface area (Å²) >= 11 is 3.71. The highest BCUT2D eigenvalue weighted by atomic mass is 79.9. The van der Waals surface area contributed by atoms with Crippen molar-refractivity contribution in [1.29, 1.82) is 0 Å². The Morgan fingerprint density at radius 1 is 1.00 bits per heavy atom. The molecule has 0 bridgehead atoms. The maximum absolute atomic E-state index is 12.5. The summed E-state index contributed by atoms with van der Waals surface area (Å²) in [5.41, 5.74) is 0.674. The summed E-state index contributed by atoms with van der Waals surface area (Å²) in [6.07, 6.45) is 12.5. The quantitative estimate of drug-likeness (QED) is 0.598. The van der Waals surface area contributed by atoms with Crippen LogP contribution in [0.2, 0.25) is 0 Å². The summed E-state index contributed by atoms with van der Waals surface area (Å²) in [6, 6.07) is 0.439. The van der Waals surface area contributed by atoms with Gasteiger partial charge in [-0.1, -0.05) is 29.8 Å². The molecule has 4 aliphatic carbocycles. The third-order valence-electron chi connectivity index (χ3n) is 9.32. The normalized spacial score (nSPS) is 53.8. The third-order valence-corrected chi connectivity index (χ3v) is 10.0. The first-order valence-electron chi connectivity index (χ1n) is 10.9. The second-order valence-electron chi connectivity index (χ2n) is 10.5. The molecule has 0 unspecified atom stereocenters. The van der Waals surface area contributed by atoms with Crippen molar-refractivity contribution >= 4 is 21.8 Å². The average molecular weight is 424 g/mol. The molecule has 1 heterocycles. The first-order chi connectivity index (χ1) is 12.3. The molecule has 5 aliphatic rings. The van der Waals surface area contributed by atoms with Crippen LogP contribution in [0.1, 0.15) is 71.6 Å². The molecule has 0 N–H and O–H groups in total. The van der Waals surface area contributed by atoms with Gasteiger partial charge in [0.1, 0.15) is 0 Å². The fourth-order valence-electron chi connectivity index (χ4n) is 7.82. The topological polar surface area (TPSA) is 29.5 Å². The lowest BCUT2D eigenvalue weighted by Crippen LogP contribution is -2.63. The minimum Gasteiger partial charge on any atom is -0.374 e. The molecule has 5 rings (SSSR count). The Kier molecular flexibility index (Phi) is 4.11. The molecule has 8 atom stereocenters. The number of likely N-dealkylation sites (tertiary alicyclic amines) is 1. The van der Waals surface area contributed by atoms with E-state index in [1.54, 1.807) is 0 Å². The summed E-state index contributed by atoms with van der Waals surface area (Å²) in [5, 5.41) is 0. The van der Waals surface area contributed by atoms with Crippen molar-refractivity contribution in [1.82, 2.24) is 4.90 Å². The fourth-order valence-corrected chi connectivity index (χ4v) is 8.84. The number of nitrogens with zero attached hydrogens (tertiary/aromatic N) is 1. The number of hydrogen-bond acceptors (Lipinski definition) is 2. The zero-order chi connectivity index (χ0) is 18.3. The molecule has 0 aromatic carbocycles. The van der Waals surface area contributed by atoms with E-state index in [4.69, 9.17) is 4.74 Å². The van der Waals surface area contributed by atoms with Gasteiger partial charge in [0.05, 0.1) is 17.0 Å². The van der Waals surface area contributed by atoms with Crippen molar-refractivity contribution in [3.63, 3.8) is 0 Å². The van der Waals surface area contributed by atoms with Crippen LogP contribution in [-0.2, 0) is 9.53 Å². The second-order valence-corrected chi connectivity index (χ2v) is 11.6. The van der Waals surface area contributed by atoms with E-state index in [1.807, 2.05) is 7.05 Å². The highest BCUT2D eigenvalue weighted by Crippen LogP contribution is 2.65. The van der Waals surface area contributed by atoms with Gasteiger partial charge in [0.25, 0.3) is 0 Å². The summed E-state index contributed by atoms with van der Waals surface area (Å²) in [7, 11) is 2.04. The van der Waals surface area contributed by atoms with E-state index >= 15 is 0 Å². The van der Waals surface area contributed by atoms with Gasteiger partial charge in [-0.2, -0.15) is 0 Å². The van der Waals surface area contributed by atoms with Crippen LogP contribution in [-0.4, -0.2) is 40.9 Å². The van der Waals surface area contributed by atoms with Gasteiger partial charge in [-0.25, -0.2) is 0 Å². The van der Waals surface area contributed by atoms with Crippen LogP contribution in [0.4, 0.5) is 0 Å². The third kappa shape index (κ3) is 2.43. The summed E-state index contributed by atoms with van der Waals surface area (Å²) in [6.45, 7) is 5.05. The van der Waals surface area contributed by atoms with Crippen LogP contribution in [0.25, 0.3) is 0 Å². The monoisotopic (exact) mass is 423 g/mol. The van der Waals surface area contributed by atoms with Gasteiger partial charge < -0.3 is 9.64 Å². The Morgan fingerprint density at radius 3 is 2.46 bits per heavy atom. The molecular formula is C22H34BrNO2. The van der Waals surface area contributed by atoms with Gasteiger partial charge in [-0.05, 0) is 86.4 Å². The van der Waals surface area contributed by atoms with Crippen LogP contribution in [0.5, 0.6) is 0 Å². The van der Waals surface area contributed by atoms with Crippen molar-refractivity contribution in [2.45, 2.75) is 94.7 Å². The minimum atomic E-state index is 0.00957. The number of hydrogen-bond donors (Lipinski definition) is 0. The Hall–Kier alpha value is -0.0900. The van der Waals surface area contributed by atoms with Gasteiger partial charge in [-0.15, -0.1) is 0 Å². The predicted molar refractivity (Wildman–Crippen MR) is 106 cm³/mol. The number of carbonyl (C=O) groups excluding carboxylic acids is 1. The zero-order valence-electron chi connectivity index (χ0n) is 16.5. The summed E-state index contributed by atoms with van der Waals surface area (Å²) < 4.78 is 6.49. The fraction of sp³-hybridized carbons (Fsp3) is 0.955. The number of amides is 1. The van der Waals surface area contributed by atoms with Crippen molar-refractivity contribution in [3.05, 3.63) is 0 Å². The van der Waals surface area contributed by atoms with Crippen molar-refractivity contribution in [3.8, 4) is 0 Å². The maximum atomic E-state index is 12.5. The van der Waals surface area contributed by atoms with Crippen LogP contribution in [0.15, 0.2) is 0 Å². The molecule has 4 heteroatoms. The van der Waals surface area contributed by atoms with Gasteiger partial charge >= 0.3 is 0 Å². The molecule has 0 aromatic heterocycles. The molecule has 146 valence electrons. The molecule has 4 saturated carbocycles. The first-order valence-corrected chi connectivity index (χ1v) is 11.8. The Labute approximate surface area is 166 Å².